The van der Waals surface area contributed by atoms with Gasteiger partial charge in [0.15, 0.2) is 0 Å². The quantitative estimate of drug-likeness (QED) is 0.807. The lowest BCUT2D eigenvalue weighted by Crippen LogP contribution is -2.45. The van der Waals surface area contributed by atoms with E-state index in [4.69, 9.17) is 0 Å². The molecule has 2 N–H and O–H groups in total. The molecule has 0 radical (unpaired) electrons. The summed E-state index contributed by atoms with van der Waals surface area (Å²) in [5, 5.41) is 3.04. The molecule has 0 amide bonds. The third-order valence-corrected chi connectivity index (χ3v) is 5.05. The van der Waals surface area contributed by atoms with Crippen molar-refractivity contribution in [1.29, 1.82) is 0 Å². The Labute approximate surface area is 115 Å². The van der Waals surface area contributed by atoms with Gasteiger partial charge in [0.05, 0.1) is 5.69 Å². The van der Waals surface area contributed by atoms with Gasteiger partial charge in [-0.1, -0.05) is 13.8 Å². The zero-order valence-corrected chi connectivity index (χ0v) is 12.8. The molecule has 1 rings (SSSR count). The van der Waals surface area contributed by atoms with E-state index in [1.165, 1.54) is 6.20 Å². The molecule has 1 heterocycles. The van der Waals surface area contributed by atoms with Crippen LogP contribution in [0.3, 0.4) is 0 Å². The first-order valence-electron chi connectivity index (χ1n) is 6.60. The van der Waals surface area contributed by atoms with Crippen LogP contribution in [0, 0.1) is 0 Å². The maximum absolute atomic E-state index is 12.5. The molecule has 0 unspecified atom stereocenters. The van der Waals surface area contributed by atoms with Gasteiger partial charge in [-0.2, -0.15) is 0 Å². The van der Waals surface area contributed by atoms with E-state index in [0.717, 1.165) is 12.8 Å². The summed E-state index contributed by atoms with van der Waals surface area (Å²) in [5.74, 6) is 0. The van der Waals surface area contributed by atoms with Crippen molar-refractivity contribution in [1.82, 2.24) is 9.71 Å². The molecule has 0 saturated heterocycles. The first kappa shape index (κ1) is 15.9. The first-order chi connectivity index (χ1) is 8.88. The highest BCUT2D eigenvalue weighted by atomic mass is 32.2. The zero-order valence-electron chi connectivity index (χ0n) is 12.0. The number of hydrogen-bond donors (Lipinski definition) is 2. The number of sulfonamides is 1. The largest absolute Gasteiger partial charge is 0.384 e. The van der Waals surface area contributed by atoms with Crippen LogP contribution < -0.4 is 10.0 Å². The molecule has 0 spiro atoms. The minimum absolute atomic E-state index is 0.199. The molecule has 0 aliphatic carbocycles. The molecule has 108 valence electrons. The number of rotatable bonds is 7. The highest BCUT2D eigenvalue weighted by Gasteiger charge is 2.29. The molecule has 0 atom stereocenters. The summed E-state index contributed by atoms with van der Waals surface area (Å²) < 4.78 is 27.7. The van der Waals surface area contributed by atoms with Gasteiger partial charge in [-0.3, -0.25) is 4.98 Å². The maximum Gasteiger partial charge on any atom is 0.244 e. The predicted molar refractivity (Wildman–Crippen MR) is 77.7 cm³/mol. The van der Waals surface area contributed by atoms with Crippen molar-refractivity contribution in [2.45, 2.75) is 51.0 Å². The number of nitrogens with one attached hydrogen (secondary N) is 2. The monoisotopic (exact) mass is 285 g/mol. The van der Waals surface area contributed by atoms with Crippen molar-refractivity contribution in [3.8, 4) is 0 Å². The van der Waals surface area contributed by atoms with E-state index in [0.29, 0.717) is 12.2 Å². The summed E-state index contributed by atoms with van der Waals surface area (Å²) in [6, 6.07) is 1.67. The van der Waals surface area contributed by atoms with E-state index >= 15 is 0 Å². The van der Waals surface area contributed by atoms with Crippen molar-refractivity contribution in [3.63, 3.8) is 0 Å². The van der Waals surface area contributed by atoms with Crippen LogP contribution in [-0.4, -0.2) is 25.5 Å². The second-order valence-electron chi connectivity index (χ2n) is 4.78. The van der Waals surface area contributed by atoms with Gasteiger partial charge in [-0.15, -0.1) is 0 Å². The second kappa shape index (κ2) is 6.34. The van der Waals surface area contributed by atoms with Crippen LogP contribution in [0.25, 0.3) is 0 Å². The van der Waals surface area contributed by atoms with E-state index in [9.17, 15) is 8.42 Å². The number of nitrogens with zero attached hydrogens (tertiary/aromatic N) is 1. The number of pyridine rings is 1. The Morgan fingerprint density at radius 2 is 1.89 bits per heavy atom. The molecular weight excluding hydrogens is 262 g/mol. The van der Waals surface area contributed by atoms with Gasteiger partial charge < -0.3 is 5.32 Å². The van der Waals surface area contributed by atoms with Crippen molar-refractivity contribution < 1.29 is 8.42 Å². The third kappa shape index (κ3) is 3.91. The second-order valence-corrected chi connectivity index (χ2v) is 6.43. The zero-order chi connectivity index (χ0) is 14.5. The average Bonchev–Trinajstić information content (AvgIpc) is 2.39. The molecule has 0 aliphatic heterocycles. The Balaban J connectivity index is 3.14. The van der Waals surface area contributed by atoms with Gasteiger partial charge in [-0.25, -0.2) is 13.1 Å². The first-order valence-corrected chi connectivity index (χ1v) is 8.08. The molecular formula is C13H23N3O2S. The molecule has 6 heteroatoms. The minimum Gasteiger partial charge on any atom is -0.384 e. The summed E-state index contributed by atoms with van der Waals surface area (Å²) in [4.78, 5) is 4.12. The smallest absolute Gasteiger partial charge is 0.244 e. The normalized spacial score (nSPS) is 12.4. The van der Waals surface area contributed by atoms with Crippen LogP contribution in [0.5, 0.6) is 0 Å². The van der Waals surface area contributed by atoms with Gasteiger partial charge in [0, 0.05) is 24.5 Å². The van der Waals surface area contributed by atoms with Gasteiger partial charge in [-0.05, 0) is 32.8 Å². The summed E-state index contributed by atoms with van der Waals surface area (Å²) in [7, 11) is -3.57. The topological polar surface area (TPSA) is 71.1 Å². The fraction of sp³-hybridized carbons (Fsp3) is 0.615. The summed E-state index contributed by atoms with van der Waals surface area (Å²) in [6.07, 6.45) is 4.43. The highest BCUT2D eigenvalue weighted by Crippen LogP contribution is 2.23. The van der Waals surface area contributed by atoms with E-state index in [-0.39, 0.29) is 4.90 Å². The molecule has 0 aromatic carbocycles. The minimum atomic E-state index is -3.57. The predicted octanol–water partition coefficient (Wildman–Crippen LogP) is 2.37. The Bertz CT molecular complexity index is 510. The average molecular weight is 285 g/mol. The maximum atomic E-state index is 12.5. The molecule has 5 nitrogen and oxygen atoms in total. The van der Waals surface area contributed by atoms with Crippen LogP contribution in [0.15, 0.2) is 23.4 Å². The molecule has 19 heavy (non-hydrogen) atoms. The summed E-state index contributed by atoms with van der Waals surface area (Å²) >= 11 is 0. The van der Waals surface area contributed by atoms with Crippen LogP contribution in [-0.2, 0) is 10.0 Å². The molecule has 0 aliphatic rings. The Morgan fingerprint density at radius 1 is 1.26 bits per heavy atom. The van der Waals surface area contributed by atoms with Crippen LogP contribution >= 0.6 is 0 Å². The standard InChI is InChI=1S/C13H23N3O2S/c1-5-13(4,6-2)16-19(17,18)12-10-14-9-8-11(12)15-7-3/h8-10,16H,5-7H2,1-4H3,(H,14,15). The molecule has 0 bridgehead atoms. The third-order valence-electron chi connectivity index (χ3n) is 3.38. The van der Waals surface area contributed by atoms with Crippen LogP contribution in [0.2, 0.25) is 0 Å². The van der Waals surface area contributed by atoms with Gasteiger partial charge in [0.25, 0.3) is 0 Å². The highest BCUT2D eigenvalue weighted by molar-refractivity contribution is 7.89. The molecule has 0 saturated carbocycles. The number of hydrogen-bond acceptors (Lipinski definition) is 4. The van der Waals surface area contributed by atoms with Crippen molar-refractivity contribution in [2.24, 2.45) is 0 Å². The van der Waals surface area contributed by atoms with Crippen LogP contribution in [0.1, 0.15) is 40.5 Å². The van der Waals surface area contributed by atoms with E-state index in [1.807, 2.05) is 27.7 Å². The van der Waals surface area contributed by atoms with E-state index in [2.05, 4.69) is 15.0 Å². The van der Waals surface area contributed by atoms with Gasteiger partial charge >= 0.3 is 0 Å². The van der Waals surface area contributed by atoms with Crippen LogP contribution in [0.4, 0.5) is 5.69 Å². The van der Waals surface area contributed by atoms with Crippen molar-refractivity contribution in [3.05, 3.63) is 18.5 Å². The fourth-order valence-electron chi connectivity index (χ4n) is 1.70. The molecule has 0 fully saturated rings. The molecule has 1 aromatic rings. The SMILES string of the molecule is CCNc1ccncc1S(=O)(=O)NC(C)(CC)CC. The van der Waals surface area contributed by atoms with Gasteiger partial charge in [0.2, 0.25) is 10.0 Å². The Morgan fingerprint density at radius 3 is 2.42 bits per heavy atom. The summed E-state index contributed by atoms with van der Waals surface area (Å²) in [5.41, 5.74) is 0.151. The Hall–Kier alpha value is -1.14. The molecule has 1 aromatic heterocycles. The fourth-order valence-corrected chi connectivity index (χ4v) is 3.38. The number of anilines is 1. The summed E-state index contributed by atoms with van der Waals surface area (Å²) in [6.45, 7) is 8.44. The Kier molecular flexibility index (Phi) is 5.31. The lowest BCUT2D eigenvalue weighted by molar-refractivity contribution is 0.388. The van der Waals surface area contributed by atoms with Gasteiger partial charge in [0.1, 0.15) is 4.90 Å². The van der Waals surface area contributed by atoms with E-state index in [1.54, 1.807) is 12.3 Å². The van der Waals surface area contributed by atoms with Crippen molar-refractivity contribution >= 4 is 15.7 Å². The number of aromatic nitrogens is 1. The van der Waals surface area contributed by atoms with E-state index < -0.39 is 15.6 Å². The lowest BCUT2D eigenvalue weighted by atomic mass is 9.98. The lowest BCUT2D eigenvalue weighted by Gasteiger charge is -2.28. The van der Waals surface area contributed by atoms with Crippen molar-refractivity contribution in [2.75, 3.05) is 11.9 Å².